The van der Waals surface area contributed by atoms with Crippen molar-refractivity contribution in [3.63, 3.8) is 0 Å². The largest absolute Gasteiger partial charge is 0.491 e. The van der Waals surface area contributed by atoms with Gasteiger partial charge in [-0.1, -0.05) is 45.4 Å². The molecule has 0 unspecified atom stereocenters. The van der Waals surface area contributed by atoms with Crippen LogP contribution >= 0.6 is 0 Å². The second kappa shape index (κ2) is 9.40. The van der Waals surface area contributed by atoms with Gasteiger partial charge in [-0.3, -0.25) is 4.79 Å². The van der Waals surface area contributed by atoms with Gasteiger partial charge in [-0.25, -0.2) is 0 Å². The molecule has 0 aromatic heterocycles. The monoisotopic (exact) mass is 277 g/mol. The number of nitrogens with two attached hydrogens (primary N) is 1. The fourth-order valence-corrected chi connectivity index (χ4v) is 2.14. The molecule has 0 aliphatic heterocycles. The Bertz CT molecular complexity index is 415. The molecule has 3 heteroatoms. The summed E-state index contributed by atoms with van der Waals surface area (Å²) < 4.78 is 5.66. The number of unbranched alkanes of at least 4 members (excludes halogenated alkanes) is 6. The zero-order chi connectivity index (χ0) is 14.8. The molecule has 0 bridgehead atoms. The molecule has 2 N–H and O–H groups in total. The van der Waals surface area contributed by atoms with Crippen molar-refractivity contribution in [2.24, 2.45) is 0 Å². The predicted molar refractivity (Wildman–Crippen MR) is 84.3 cm³/mol. The average molecular weight is 277 g/mol. The van der Waals surface area contributed by atoms with Crippen LogP contribution in [0.3, 0.4) is 0 Å². The Balaban J connectivity index is 2.20. The smallest absolute Gasteiger partial charge is 0.159 e. The van der Waals surface area contributed by atoms with Gasteiger partial charge in [0.15, 0.2) is 5.78 Å². The number of rotatable bonds is 10. The quantitative estimate of drug-likeness (QED) is 0.386. The second-order valence-electron chi connectivity index (χ2n) is 5.28. The molecule has 20 heavy (non-hydrogen) atoms. The number of ketones is 1. The minimum Gasteiger partial charge on any atom is -0.491 e. The van der Waals surface area contributed by atoms with E-state index in [0.717, 1.165) is 6.42 Å². The molecule has 0 atom stereocenters. The molecule has 1 aromatic carbocycles. The molecule has 0 aliphatic carbocycles. The number of carbonyl (C=O) groups is 1. The lowest BCUT2D eigenvalue weighted by molar-refractivity contribution is 0.101. The minimum absolute atomic E-state index is 0.0235. The van der Waals surface area contributed by atoms with Gasteiger partial charge >= 0.3 is 0 Å². The maximum Gasteiger partial charge on any atom is 0.159 e. The van der Waals surface area contributed by atoms with Gasteiger partial charge in [-0.05, 0) is 31.5 Å². The number of Topliss-reactive ketones (excluding diaryl/α,β-unsaturated/α-hetero) is 1. The van der Waals surface area contributed by atoms with Crippen LogP contribution < -0.4 is 10.5 Å². The van der Waals surface area contributed by atoms with E-state index in [1.807, 2.05) is 0 Å². The summed E-state index contributed by atoms with van der Waals surface area (Å²) >= 11 is 0. The standard InChI is InChI=1S/C17H27NO2/c1-3-4-5-6-7-8-9-12-20-17-11-10-15(14(2)19)13-16(17)18/h10-11,13H,3-9,12,18H2,1-2H3. The lowest BCUT2D eigenvalue weighted by atomic mass is 10.1. The molecule has 0 amide bonds. The number of ether oxygens (including phenoxy) is 1. The first-order valence-electron chi connectivity index (χ1n) is 7.68. The topological polar surface area (TPSA) is 52.3 Å². The highest BCUT2D eigenvalue weighted by Crippen LogP contribution is 2.23. The molecule has 0 radical (unpaired) electrons. The minimum atomic E-state index is 0.0235. The molecule has 0 fully saturated rings. The van der Waals surface area contributed by atoms with E-state index in [9.17, 15) is 4.79 Å². The number of hydrogen-bond donors (Lipinski definition) is 1. The zero-order valence-corrected chi connectivity index (χ0v) is 12.8. The number of anilines is 1. The summed E-state index contributed by atoms with van der Waals surface area (Å²) in [5.74, 6) is 0.705. The summed E-state index contributed by atoms with van der Waals surface area (Å²) in [5.41, 5.74) is 7.05. The van der Waals surface area contributed by atoms with Gasteiger partial charge in [0.2, 0.25) is 0 Å². The van der Waals surface area contributed by atoms with Gasteiger partial charge in [0.25, 0.3) is 0 Å². The van der Waals surface area contributed by atoms with E-state index < -0.39 is 0 Å². The Labute approximate surface area is 122 Å². The van der Waals surface area contributed by atoms with Crippen molar-refractivity contribution < 1.29 is 9.53 Å². The number of nitrogen functional groups attached to an aromatic ring is 1. The van der Waals surface area contributed by atoms with Crippen LogP contribution in [0.4, 0.5) is 5.69 Å². The van der Waals surface area contributed by atoms with Crippen LogP contribution in [0.25, 0.3) is 0 Å². The number of benzene rings is 1. The van der Waals surface area contributed by atoms with Gasteiger partial charge < -0.3 is 10.5 Å². The normalized spacial score (nSPS) is 10.5. The van der Waals surface area contributed by atoms with E-state index in [-0.39, 0.29) is 5.78 Å². The highest BCUT2D eigenvalue weighted by molar-refractivity contribution is 5.95. The Morgan fingerprint density at radius 2 is 1.75 bits per heavy atom. The molecule has 0 aliphatic rings. The third-order valence-corrected chi connectivity index (χ3v) is 3.42. The highest BCUT2D eigenvalue weighted by atomic mass is 16.5. The first-order chi connectivity index (χ1) is 9.65. The fourth-order valence-electron chi connectivity index (χ4n) is 2.14. The van der Waals surface area contributed by atoms with Crippen LogP contribution in [0.5, 0.6) is 5.75 Å². The van der Waals surface area contributed by atoms with E-state index in [1.54, 1.807) is 18.2 Å². The Morgan fingerprint density at radius 3 is 2.35 bits per heavy atom. The van der Waals surface area contributed by atoms with Crippen LogP contribution in [0.2, 0.25) is 0 Å². The predicted octanol–water partition coefficient (Wildman–Crippen LogP) is 4.60. The van der Waals surface area contributed by atoms with Gasteiger partial charge in [0.05, 0.1) is 12.3 Å². The van der Waals surface area contributed by atoms with Gasteiger partial charge in [0, 0.05) is 5.56 Å². The van der Waals surface area contributed by atoms with E-state index in [2.05, 4.69) is 6.92 Å². The second-order valence-corrected chi connectivity index (χ2v) is 5.28. The van der Waals surface area contributed by atoms with Crippen molar-refractivity contribution in [3.05, 3.63) is 23.8 Å². The highest BCUT2D eigenvalue weighted by Gasteiger charge is 2.04. The zero-order valence-electron chi connectivity index (χ0n) is 12.8. The summed E-state index contributed by atoms with van der Waals surface area (Å²) in [6, 6.07) is 5.23. The maximum atomic E-state index is 11.2. The van der Waals surface area contributed by atoms with Crippen molar-refractivity contribution in [2.45, 2.75) is 58.8 Å². The summed E-state index contributed by atoms with van der Waals surface area (Å²) in [4.78, 5) is 11.2. The van der Waals surface area contributed by atoms with Crippen LogP contribution in [0.15, 0.2) is 18.2 Å². The summed E-state index contributed by atoms with van der Waals surface area (Å²) in [6.45, 7) is 4.46. The van der Waals surface area contributed by atoms with Gasteiger partial charge in [-0.2, -0.15) is 0 Å². The third-order valence-electron chi connectivity index (χ3n) is 3.42. The van der Waals surface area contributed by atoms with E-state index in [4.69, 9.17) is 10.5 Å². The van der Waals surface area contributed by atoms with Crippen molar-refractivity contribution in [3.8, 4) is 5.75 Å². The van der Waals surface area contributed by atoms with Crippen LogP contribution in [0.1, 0.15) is 69.2 Å². The van der Waals surface area contributed by atoms with Crippen LogP contribution in [0, 0.1) is 0 Å². The Morgan fingerprint density at radius 1 is 1.10 bits per heavy atom. The van der Waals surface area contributed by atoms with Crippen LogP contribution in [-0.4, -0.2) is 12.4 Å². The molecule has 0 saturated carbocycles. The fraction of sp³-hybridized carbons (Fsp3) is 0.588. The van der Waals surface area contributed by atoms with Crippen molar-refractivity contribution in [1.29, 1.82) is 0 Å². The first-order valence-corrected chi connectivity index (χ1v) is 7.68. The van der Waals surface area contributed by atoms with Gasteiger partial charge in [0.1, 0.15) is 5.75 Å². The Hall–Kier alpha value is -1.51. The molecular weight excluding hydrogens is 250 g/mol. The molecule has 1 aromatic rings. The van der Waals surface area contributed by atoms with Crippen molar-refractivity contribution in [1.82, 2.24) is 0 Å². The molecule has 0 saturated heterocycles. The maximum absolute atomic E-state index is 11.2. The first kappa shape index (κ1) is 16.5. The molecule has 3 nitrogen and oxygen atoms in total. The summed E-state index contributed by atoms with van der Waals surface area (Å²) in [6.07, 6.45) is 8.84. The molecule has 112 valence electrons. The average Bonchev–Trinajstić information content (AvgIpc) is 2.43. The molecule has 1 rings (SSSR count). The molecule has 0 heterocycles. The summed E-state index contributed by atoms with van der Waals surface area (Å²) in [5, 5.41) is 0. The summed E-state index contributed by atoms with van der Waals surface area (Å²) in [7, 11) is 0. The van der Waals surface area contributed by atoms with E-state index >= 15 is 0 Å². The SMILES string of the molecule is CCCCCCCCCOc1ccc(C(C)=O)cc1N. The third kappa shape index (κ3) is 6.09. The lowest BCUT2D eigenvalue weighted by Crippen LogP contribution is -2.02. The number of hydrogen-bond acceptors (Lipinski definition) is 3. The lowest BCUT2D eigenvalue weighted by Gasteiger charge is -2.09. The van der Waals surface area contributed by atoms with Crippen molar-refractivity contribution in [2.75, 3.05) is 12.3 Å². The molecular formula is C17H27NO2. The van der Waals surface area contributed by atoms with E-state index in [1.165, 1.54) is 45.4 Å². The molecule has 0 spiro atoms. The number of carbonyl (C=O) groups excluding carboxylic acids is 1. The van der Waals surface area contributed by atoms with Crippen molar-refractivity contribution >= 4 is 11.5 Å². The van der Waals surface area contributed by atoms with E-state index in [0.29, 0.717) is 23.6 Å². The van der Waals surface area contributed by atoms with Crippen LogP contribution in [-0.2, 0) is 0 Å². The Kier molecular flexibility index (Phi) is 7.78. The van der Waals surface area contributed by atoms with Gasteiger partial charge in [-0.15, -0.1) is 0 Å².